The van der Waals surface area contributed by atoms with Gasteiger partial charge in [0.05, 0.1) is 31.0 Å². The van der Waals surface area contributed by atoms with E-state index in [1.807, 2.05) is 0 Å². The van der Waals surface area contributed by atoms with Crippen molar-refractivity contribution in [3.8, 4) is 17.0 Å². The number of anilines is 3. The average molecular weight is 635 g/mol. The standard InChI is InChI=1S/C29H27F5N6O5/c1-14(2)36-25(41)16-8-7-15(3)20(23(16)45-26(42)29(32,33)34)21-17-13-35-28(43)40(22-18(30)5-4-6-19(22)31)24(17)38-27(37-21)39-9-11-44-12-10-39/h4-8,14H,9-13H2,1-3H3,(H,35,43)(H,36,41). The number of aryl methyl sites for hydroxylation is 1. The van der Waals surface area contributed by atoms with Gasteiger partial charge in [-0.05, 0) is 44.5 Å². The van der Waals surface area contributed by atoms with Gasteiger partial charge in [0.2, 0.25) is 5.95 Å². The molecule has 1 saturated heterocycles. The van der Waals surface area contributed by atoms with Crippen LogP contribution in [-0.4, -0.2) is 66.4 Å². The number of halogens is 5. The highest BCUT2D eigenvalue weighted by Gasteiger charge is 2.43. The molecular formula is C29H27F5N6O5. The highest BCUT2D eigenvalue weighted by Crippen LogP contribution is 2.44. The molecule has 1 aromatic heterocycles. The molecule has 0 bridgehead atoms. The van der Waals surface area contributed by atoms with E-state index >= 15 is 8.78 Å². The number of hydrogen-bond donors (Lipinski definition) is 2. The second-order valence-electron chi connectivity index (χ2n) is 10.5. The number of rotatable bonds is 6. The summed E-state index contributed by atoms with van der Waals surface area (Å²) in [6, 6.07) is 4.26. The summed E-state index contributed by atoms with van der Waals surface area (Å²) >= 11 is 0. The smallest absolute Gasteiger partial charge is 0.418 e. The van der Waals surface area contributed by atoms with Crippen LogP contribution in [0.25, 0.3) is 11.3 Å². The van der Waals surface area contributed by atoms with E-state index < -0.39 is 58.8 Å². The molecule has 2 aliphatic heterocycles. The van der Waals surface area contributed by atoms with Crippen LogP contribution in [0.5, 0.6) is 5.75 Å². The number of amides is 3. The first-order valence-electron chi connectivity index (χ1n) is 13.8. The third-order valence-electron chi connectivity index (χ3n) is 6.95. The highest BCUT2D eigenvalue weighted by molar-refractivity contribution is 6.04. The number of hydrogen-bond acceptors (Lipinski definition) is 8. The fourth-order valence-corrected chi connectivity index (χ4v) is 4.92. The third-order valence-corrected chi connectivity index (χ3v) is 6.95. The van der Waals surface area contributed by atoms with E-state index in [0.717, 1.165) is 18.2 Å². The average Bonchev–Trinajstić information content (AvgIpc) is 2.97. The van der Waals surface area contributed by atoms with Crippen LogP contribution in [0.15, 0.2) is 30.3 Å². The van der Waals surface area contributed by atoms with Gasteiger partial charge in [-0.25, -0.2) is 28.3 Å². The maximum atomic E-state index is 15.1. The number of nitrogens with one attached hydrogen (secondary N) is 2. The minimum atomic E-state index is -5.43. The van der Waals surface area contributed by atoms with Gasteiger partial charge in [-0.15, -0.1) is 0 Å². The molecule has 45 heavy (non-hydrogen) atoms. The van der Waals surface area contributed by atoms with Crippen LogP contribution in [0.4, 0.5) is 44.2 Å². The first-order chi connectivity index (χ1) is 21.3. The number of nitrogens with zero attached hydrogens (tertiary/aromatic N) is 4. The van der Waals surface area contributed by atoms with Crippen LogP contribution in [0.3, 0.4) is 0 Å². The van der Waals surface area contributed by atoms with E-state index in [4.69, 9.17) is 9.47 Å². The molecule has 0 radical (unpaired) electrons. The molecule has 2 aromatic carbocycles. The second kappa shape index (κ2) is 12.3. The minimum absolute atomic E-state index is 0.0306. The molecule has 2 aliphatic rings. The Bertz CT molecular complexity index is 1660. The van der Waals surface area contributed by atoms with Crippen molar-refractivity contribution >= 4 is 35.4 Å². The van der Waals surface area contributed by atoms with Crippen LogP contribution in [0.1, 0.15) is 35.3 Å². The lowest BCUT2D eigenvalue weighted by molar-refractivity contribution is -0.189. The first kappa shape index (κ1) is 31.6. The van der Waals surface area contributed by atoms with Crippen molar-refractivity contribution in [2.75, 3.05) is 36.1 Å². The molecule has 0 atom stereocenters. The number of alkyl halides is 3. The Labute approximate surface area is 253 Å². The Morgan fingerprint density at radius 2 is 1.73 bits per heavy atom. The molecule has 5 rings (SSSR count). The van der Waals surface area contributed by atoms with Crippen molar-refractivity contribution < 1.29 is 45.8 Å². The number of esters is 1. The van der Waals surface area contributed by atoms with Gasteiger partial charge in [0.1, 0.15) is 17.3 Å². The van der Waals surface area contributed by atoms with Crippen molar-refractivity contribution in [2.24, 2.45) is 0 Å². The zero-order chi connectivity index (χ0) is 32.6. The summed E-state index contributed by atoms with van der Waals surface area (Å²) in [6.45, 7) is 5.48. The Kier molecular flexibility index (Phi) is 8.60. The van der Waals surface area contributed by atoms with E-state index in [2.05, 4.69) is 20.6 Å². The summed E-state index contributed by atoms with van der Waals surface area (Å²) < 4.78 is 80.9. The number of fused-ring (bicyclic) bond motifs is 1. The van der Waals surface area contributed by atoms with Gasteiger partial charge < -0.3 is 25.0 Å². The Hall–Kier alpha value is -4.86. The van der Waals surface area contributed by atoms with Crippen molar-refractivity contribution in [3.05, 3.63) is 58.7 Å². The third kappa shape index (κ3) is 6.22. The van der Waals surface area contributed by atoms with Gasteiger partial charge >= 0.3 is 18.2 Å². The summed E-state index contributed by atoms with van der Waals surface area (Å²) in [6.07, 6.45) is -5.43. The minimum Gasteiger partial charge on any atom is -0.418 e. The number of carbonyl (C=O) groups excluding carboxylic acids is 3. The van der Waals surface area contributed by atoms with Crippen molar-refractivity contribution in [3.63, 3.8) is 0 Å². The molecule has 0 aliphatic carbocycles. The Morgan fingerprint density at radius 3 is 2.36 bits per heavy atom. The number of morpholine rings is 1. The van der Waals surface area contributed by atoms with E-state index in [9.17, 15) is 27.6 Å². The van der Waals surface area contributed by atoms with Crippen molar-refractivity contribution in [2.45, 2.75) is 39.5 Å². The molecule has 11 nitrogen and oxygen atoms in total. The SMILES string of the molecule is Cc1ccc(C(=O)NC(C)C)c(OC(=O)C(F)(F)F)c1-c1nc(N2CCOCC2)nc2c1CNC(=O)N2c1c(F)cccc1F. The monoisotopic (exact) mass is 634 g/mol. The van der Waals surface area contributed by atoms with E-state index in [0.29, 0.717) is 4.90 Å². The van der Waals surface area contributed by atoms with E-state index in [1.54, 1.807) is 18.7 Å². The maximum absolute atomic E-state index is 15.1. The number of ether oxygens (including phenoxy) is 2. The summed E-state index contributed by atoms with van der Waals surface area (Å²) in [5.41, 5.74) is -1.22. The predicted molar refractivity (Wildman–Crippen MR) is 150 cm³/mol. The topological polar surface area (TPSA) is 126 Å². The fraction of sp³-hybridized carbons (Fsp3) is 0.345. The summed E-state index contributed by atoms with van der Waals surface area (Å²) in [5, 5.41) is 5.06. The number of urea groups is 1. The van der Waals surface area contributed by atoms with Crippen LogP contribution in [0, 0.1) is 18.6 Å². The number of para-hydroxylation sites is 1. The van der Waals surface area contributed by atoms with E-state index in [-0.39, 0.29) is 67.0 Å². The molecule has 3 aromatic rings. The van der Waals surface area contributed by atoms with E-state index in [1.165, 1.54) is 19.1 Å². The molecule has 3 heterocycles. The van der Waals surface area contributed by atoms with Crippen LogP contribution in [-0.2, 0) is 16.1 Å². The van der Waals surface area contributed by atoms with Gasteiger partial charge in [0, 0.05) is 30.3 Å². The Morgan fingerprint density at radius 1 is 1.07 bits per heavy atom. The van der Waals surface area contributed by atoms with Crippen molar-refractivity contribution in [1.82, 2.24) is 20.6 Å². The highest BCUT2D eigenvalue weighted by atomic mass is 19.4. The molecule has 238 valence electrons. The number of aromatic nitrogens is 2. The fourth-order valence-electron chi connectivity index (χ4n) is 4.92. The molecule has 3 amide bonds. The largest absolute Gasteiger partial charge is 0.491 e. The zero-order valence-corrected chi connectivity index (χ0v) is 24.2. The molecule has 0 spiro atoms. The normalized spacial score (nSPS) is 15.1. The first-order valence-corrected chi connectivity index (χ1v) is 13.8. The Balaban J connectivity index is 1.83. The number of benzene rings is 2. The quantitative estimate of drug-likeness (QED) is 0.230. The molecule has 1 fully saturated rings. The maximum Gasteiger partial charge on any atom is 0.491 e. The van der Waals surface area contributed by atoms with Gasteiger partial charge in [-0.3, -0.25) is 4.79 Å². The lowest BCUT2D eigenvalue weighted by Crippen LogP contribution is -2.44. The van der Waals surface area contributed by atoms with Gasteiger partial charge in [-0.1, -0.05) is 12.1 Å². The predicted octanol–water partition coefficient (Wildman–Crippen LogP) is 4.53. The number of carbonyl (C=O) groups is 3. The molecule has 0 unspecified atom stereocenters. The summed E-state index contributed by atoms with van der Waals surface area (Å²) in [5.74, 6) is -6.66. The second-order valence-corrected chi connectivity index (χ2v) is 10.5. The lowest BCUT2D eigenvalue weighted by atomic mass is 9.95. The molecule has 0 saturated carbocycles. The molecule has 16 heteroatoms. The van der Waals surface area contributed by atoms with Gasteiger partial charge in [0.15, 0.2) is 11.6 Å². The molecular weight excluding hydrogens is 607 g/mol. The van der Waals surface area contributed by atoms with Gasteiger partial charge in [0.25, 0.3) is 5.91 Å². The molecule has 2 N–H and O–H groups in total. The van der Waals surface area contributed by atoms with Crippen LogP contribution < -0.4 is 25.2 Å². The van der Waals surface area contributed by atoms with Gasteiger partial charge in [-0.2, -0.15) is 18.2 Å². The van der Waals surface area contributed by atoms with Crippen LogP contribution in [0.2, 0.25) is 0 Å². The summed E-state index contributed by atoms with van der Waals surface area (Å²) in [7, 11) is 0. The lowest BCUT2D eigenvalue weighted by Gasteiger charge is -2.33. The van der Waals surface area contributed by atoms with Crippen LogP contribution >= 0.6 is 0 Å². The zero-order valence-electron chi connectivity index (χ0n) is 24.2. The summed E-state index contributed by atoms with van der Waals surface area (Å²) in [4.78, 5) is 50.0. The van der Waals surface area contributed by atoms with Crippen molar-refractivity contribution in [1.29, 1.82) is 0 Å².